The third-order valence-corrected chi connectivity index (χ3v) is 4.32. The molecule has 1 amide bonds. The number of nitrogens with one attached hydrogen (secondary N) is 1. The summed E-state index contributed by atoms with van der Waals surface area (Å²) in [5, 5.41) is 17.9. The molecule has 22 heavy (non-hydrogen) atoms. The summed E-state index contributed by atoms with van der Waals surface area (Å²) < 4.78 is 2.74. The van der Waals surface area contributed by atoms with Crippen LogP contribution in [0.3, 0.4) is 0 Å². The SMILES string of the molecule is Cc1c(I)cnn1CCC(=O)Nc1ccc(Cl)cc1[N+](=O)[O-]. The van der Waals surface area contributed by atoms with Crippen LogP contribution in [0.2, 0.25) is 5.02 Å². The van der Waals surface area contributed by atoms with Gasteiger partial charge in [0, 0.05) is 23.2 Å². The monoisotopic (exact) mass is 434 g/mol. The molecule has 0 spiro atoms. The minimum Gasteiger partial charge on any atom is -0.320 e. The number of anilines is 1. The molecule has 0 aliphatic rings. The van der Waals surface area contributed by atoms with Gasteiger partial charge in [-0.25, -0.2) is 0 Å². The third-order valence-electron chi connectivity index (χ3n) is 3.02. The van der Waals surface area contributed by atoms with Crippen molar-refractivity contribution < 1.29 is 9.72 Å². The summed E-state index contributed by atoms with van der Waals surface area (Å²) >= 11 is 7.89. The zero-order valence-corrected chi connectivity index (χ0v) is 14.5. The van der Waals surface area contributed by atoms with Gasteiger partial charge >= 0.3 is 0 Å². The number of halogens is 2. The quantitative estimate of drug-likeness (QED) is 0.444. The molecule has 9 heteroatoms. The zero-order valence-electron chi connectivity index (χ0n) is 11.5. The fourth-order valence-corrected chi connectivity index (χ4v) is 2.40. The molecule has 2 aromatic rings. The van der Waals surface area contributed by atoms with Gasteiger partial charge in [0.25, 0.3) is 5.69 Å². The highest BCUT2D eigenvalue weighted by atomic mass is 127. The Morgan fingerprint density at radius 2 is 2.27 bits per heavy atom. The summed E-state index contributed by atoms with van der Waals surface area (Å²) in [5.41, 5.74) is 0.878. The molecule has 0 radical (unpaired) electrons. The molecule has 0 fully saturated rings. The van der Waals surface area contributed by atoms with Crippen LogP contribution < -0.4 is 5.32 Å². The van der Waals surface area contributed by atoms with Crippen molar-refractivity contribution >= 4 is 51.5 Å². The molecule has 0 unspecified atom stereocenters. The van der Waals surface area contributed by atoms with Gasteiger partial charge < -0.3 is 5.32 Å². The number of nitrogens with zero attached hydrogens (tertiary/aromatic N) is 3. The second-order valence-electron chi connectivity index (χ2n) is 4.52. The first kappa shape index (κ1) is 16.7. The first-order chi connectivity index (χ1) is 10.4. The van der Waals surface area contributed by atoms with Crippen LogP contribution in [0.25, 0.3) is 0 Å². The van der Waals surface area contributed by atoms with Crippen LogP contribution in [0.5, 0.6) is 0 Å². The van der Waals surface area contributed by atoms with Gasteiger partial charge in [0.05, 0.1) is 21.2 Å². The van der Waals surface area contributed by atoms with Crippen LogP contribution in [0, 0.1) is 20.6 Å². The second-order valence-corrected chi connectivity index (χ2v) is 6.12. The lowest BCUT2D eigenvalue weighted by atomic mass is 10.2. The standard InChI is InChI=1S/C13H12ClIN4O3/c1-8-10(15)7-16-18(8)5-4-13(20)17-11-3-2-9(14)6-12(11)19(21)22/h2-3,6-7H,4-5H2,1H3,(H,17,20). The minimum atomic E-state index is -0.582. The molecule has 0 atom stereocenters. The summed E-state index contributed by atoms with van der Waals surface area (Å²) in [6.45, 7) is 2.32. The largest absolute Gasteiger partial charge is 0.320 e. The molecule has 1 aromatic heterocycles. The predicted molar refractivity (Wildman–Crippen MR) is 91.0 cm³/mol. The van der Waals surface area contributed by atoms with E-state index in [1.54, 1.807) is 10.9 Å². The molecule has 0 saturated carbocycles. The molecule has 2 rings (SSSR count). The van der Waals surface area contributed by atoms with Crippen LogP contribution in [-0.4, -0.2) is 20.6 Å². The number of rotatable bonds is 5. The lowest BCUT2D eigenvalue weighted by Gasteiger charge is -2.07. The molecule has 7 nitrogen and oxygen atoms in total. The number of nitro benzene ring substituents is 1. The Morgan fingerprint density at radius 1 is 1.55 bits per heavy atom. The second kappa shape index (κ2) is 7.05. The summed E-state index contributed by atoms with van der Waals surface area (Å²) in [4.78, 5) is 22.3. The van der Waals surface area contributed by atoms with Crippen molar-refractivity contribution in [2.75, 3.05) is 5.32 Å². The van der Waals surface area contributed by atoms with Crippen LogP contribution >= 0.6 is 34.2 Å². The number of nitro groups is 1. The number of aryl methyl sites for hydroxylation is 1. The van der Waals surface area contributed by atoms with E-state index in [2.05, 4.69) is 33.0 Å². The Kier molecular flexibility index (Phi) is 5.35. The van der Waals surface area contributed by atoms with E-state index in [1.165, 1.54) is 18.2 Å². The van der Waals surface area contributed by atoms with E-state index in [9.17, 15) is 14.9 Å². The number of hydrogen-bond donors (Lipinski definition) is 1. The van der Waals surface area contributed by atoms with Gasteiger partial charge in [-0.2, -0.15) is 5.10 Å². The molecular formula is C13H12ClIN4O3. The summed E-state index contributed by atoms with van der Waals surface area (Å²) in [6, 6.07) is 4.11. The van der Waals surface area contributed by atoms with Crippen molar-refractivity contribution in [3.05, 3.63) is 48.8 Å². The Bertz CT molecular complexity index is 732. The zero-order chi connectivity index (χ0) is 16.3. The summed E-state index contributed by atoms with van der Waals surface area (Å²) in [6.07, 6.45) is 1.89. The maximum atomic E-state index is 12.0. The number of amides is 1. The molecule has 0 saturated heterocycles. The van der Waals surface area contributed by atoms with Gasteiger partial charge in [-0.05, 0) is 41.6 Å². The molecule has 0 aliphatic heterocycles. The smallest absolute Gasteiger partial charge is 0.294 e. The Morgan fingerprint density at radius 3 is 2.86 bits per heavy atom. The van der Waals surface area contributed by atoms with Crippen molar-refractivity contribution in [3.8, 4) is 0 Å². The van der Waals surface area contributed by atoms with Crippen LogP contribution in [0.4, 0.5) is 11.4 Å². The number of aromatic nitrogens is 2. The predicted octanol–water partition coefficient (Wildman–Crippen LogP) is 3.39. The Hall–Kier alpha value is -1.68. The average Bonchev–Trinajstić information content (AvgIpc) is 2.78. The molecule has 1 N–H and O–H groups in total. The maximum absolute atomic E-state index is 12.0. The van der Waals surface area contributed by atoms with Crippen molar-refractivity contribution in [1.82, 2.24) is 9.78 Å². The van der Waals surface area contributed by atoms with E-state index in [-0.39, 0.29) is 28.7 Å². The summed E-state index contributed by atoms with van der Waals surface area (Å²) in [7, 11) is 0. The fraction of sp³-hybridized carbons (Fsp3) is 0.231. The van der Waals surface area contributed by atoms with Crippen LogP contribution in [-0.2, 0) is 11.3 Å². The minimum absolute atomic E-state index is 0.131. The molecule has 1 aromatic carbocycles. The fourth-order valence-electron chi connectivity index (χ4n) is 1.83. The normalized spacial score (nSPS) is 10.5. The highest BCUT2D eigenvalue weighted by Gasteiger charge is 2.16. The van der Waals surface area contributed by atoms with E-state index in [4.69, 9.17) is 11.6 Å². The van der Waals surface area contributed by atoms with Crippen LogP contribution in [0.1, 0.15) is 12.1 Å². The van der Waals surface area contributed by atoms with Crippen molar-refractivity contribution in [2.45, 2.75) is 19.9 Å². The third kappa shape index (κ3) is 3.95. The molecule has 0 aliphatic carbocycles. The molecular weight excluding hydrogens is 423 g/mol. The Labute approximate surface area is 144 Å². The van der Waals surface area contributed by atoms with Gasteiger partial charge in [0.1, 0.15) is 5.69 Å². The lowest BCUT2D eigenvalue weighted by molar-refractivity contribution is -0.383. The lowest BCUT2D eigenvalue weighted by Crippen LogP contribution is -2.16. The maximum Gasteiger partial charge on any atom is 0.294 e. The van der Waals surface area contributed by atoms with E-state index in [0.29, 0.717) is 6.54 Å². The van der Waals surface area contributed by atoms with Gasteiger partial charge in [-0.3, -0.25) is 19.6 Å². The van der Waals surface area contributed by atoms with Crippen molar-refractivity contribution in [1.29, 1.82) is 0 Å². The molecule has 0 bridgehead atoms. The molecule has 116 valence electrons. The summed E-state index contributed by atoms with van der Waals surface area (Å²) in [5.74, 6) is -0.324. The van der Waals surface area contributed by atoms with Gasteiger partial charge in [-0.15, -0.1) is 0 Å². The Balaban J connectivity index is 2.03. The topological polar surface area (TPSA) is 90.1 Å². The highest BCUT2D eigenvalue weighted by Crippen LogP contribution is 2.27. The van der Waals surface area contributed by atoms with E-state index in [1.807, 2.05) is 6.92 Å². The molecule has 1 heterocycles. The number of benzene rings is 1. The van der Waals surface area contributed by atoms with Gasteiger partial charge in [0.15, 0.2) is 0 Å². The first-order valence-corrected chi connectivity index (χ1v) is 7.76. The van der Waals surface area contributed by atoms with E-state index < -0.39 is 4.92 Å². The van der Waals surface area contributed by atoms with Gasteiger partial charge in [0.2, 0.25) is 5.91 Å². The average molecular weight is 435 g/mol. The van der Waals surface area contributed by atoms with Gasteiger partial charge in [-0.1, -0.05) is 11.6 Å². The number of carbonyl (C=O) groups excluding carboxylic acids is 1. The van der Waals surface area contributed by atoms with E-state index >= 15 is 0 Å². The van der Waals surface area contributed by atoms with Crippen molar-refractivity contribution in [2.24, 2.45) is 0 Å². The van der Waals surface area contributed by atoms with Crippen molar-refractivity contribution in [3.63, 3.8) is 0 Å². The highest BCUT2D eigenvalue weighted by molar-refractivity contribution is 14.1. The van der Waals surface area contributed by atoms with E-state index in [0.717, 1.165) is 9.26 Å². The van der Waals surface area contributed by atoms with Crippen LogP contribution in [0.15, 0.2) is 24.4 Å². The first-order valence-electron chi connectivity index (χ1n) is 6.30. The number of hydrogen-bond acceptors (Lipinski definition) is 4. The number of carbonyl (C=O) groups is 1.